The number of carboxylic acids is 1. The second-order valence-corrected chi connectivity index (χ2v) is 5.12. The van der Waals surface area contributed by atoms with Gasteiger partial charge in [-0.05, 0) is 24.1 Å². The zero-order chi connectivity index (χ0) is 19.2. The molecule has 0 aliphatic heterocycles. The summed E-state index contributed by atoms with van der Waals surface area (Å²) in [6.45, 7) is 4.49. The minimum Gasteiger partial charge on any atom is -0.658 e. The fourth-order valence-corrected chi connectivity index (χ4v) is 1.78. The third-order valence-corrected chi connectivity index (χ3v) is 2.67. The van der Waals surface area contributed by atoms with Crippen LogP contribution < -0.4 is 80.4 Å². The smallest absolute Gasteiger partial charge is 0.658 e. The van der Waals surface area contributed by atoms with Crippen LogP contribution >= 0.6 is 0 Å². The molecular weight excluding hydrogens is 372 g/mol. The van der Waals surface area contributed by atoms with Gasteiger partial charge in [0.1, 0.15) is 12.4 Å². The van der Waals surface area contributed by atoms with E-state index in [2.05, 4.69) is 11.1 Å². The molecule has 136 valence electrons. The van der Waals surface area contributed by atoms with Gasteiger partial charge in [-0.15, -0.1) is 11.9 Å². The Balaban J connectivity index is -0.00000108. The van der Waals surface area contributed by atoms with E-state index in [1.54, 1.807) is 24.3 Å². The van der Waals surface area contributed by atoms with Gasteiger partial charge in [-0.1, -0.05) is 26.0 Å². The van der Waals surface area contributed by atoms with Crippen LogP contribution in [0.2, 0.25) is 0 Å². The first kappa shape index (κ1) is 30.6. The Morgan fingerprint density at radius 1 is 1.22 bits per heavy atom. The van der Waals surface area contributed by atoms with E-state index in [9.17, 15) is 9.90 Å². The number of hydrogen-bond acceptors (Lipinski definition) is 6. The van der Waals surface area contributed by atoms with Crippen LogP contribution in [-0.4, -0.2) is 31.2 Å². The molecule has 0 heterocycles. The molecule has 1 aromatic rings. The van der Waals surface area contributed by atoms with Gasteiger partial charge in [0, 0.05) is 0 Å². The minimum absolute atomic E-state index is 0. The third-order valence-electron chi connectivity index (χ3n) is 2.67. The molecule has 10 heteroatoms. The molecule has 0 fully saturated rings. The van der Waals surface area contributed by atoms with Crippen molar-refractivity contribution in [1.82, 2.24) is 0 Å². The van der Waals surface area contributed by atoms with Crippen molar-refractivity contribution < 1.29 is 83.3 Å². The molecule has 0 saturated carbocycles. The molecule has 0 radical (unpaired) electrons. The molecule has 1 aromatic carbocycles. The topological polar surface area (TPSA) is 148 Å². The van der Waals surface area contributed by atoms with E-state index >= 15 is 0 Å². The van der Waals surface area contributed by atoms with E-state index in [1.165, 1.54) is 0 Å². The van der Waals surface area contributed by atoms with E-state index in [0.29, 0.717) is 18.9 Å². The Labute approximate surface area is 203 Å². The van der Waals surface area contributed by atoms with Gasteiger partial charge in [0.05, 0.1) is 6.54 Å². The SMILES string of the molecule is CC(C)[C-]=C(Cc1ccc(OCCN=C(N)N)cc1)C(=O)[O-].O=C=O.[Na+].[Na+]. The molecule has 0 bridgehead atoms. The molecule has 0 aromatic heterocycles. The Morgan fingerprint density at radius 2 is 1.74 bits per heavy atom. The molecule has 27 heavy (non-hydrogen) atoms. The predicted octanol–water partition coefficient (Wildman–Crippen LogP) is -6.56. The molecule has 0 unspecified atom stereocenters. The molecule has 0 aliphatic carbocycles. The summed E-state index contributed by atoms with van der Waals surface area (Å²) < 4.78 is 5.46. The van der Waals surface area contributed by atoms with E-state index < -0.39 is 5.97 Å². The molecule has 8 nitrogen and oxygen atoms in total. The molecule has 0 atom stereocenters. The number of carbonyl (C=O) groups excluding carboxylic acids is 3. The second kappa shape index (κ2) is 18.3. The van der Waals surface area contributed by atoms with Crippen LogP contribution in [0.15, 0.2) is 34.8 Å². The van der Waals surface area contributed by atoms with Crippen LogP contribution in [0.1, 0.15) is 19.4 Å². The largest absolute Gasteiger partial charge is 1.00 e. The van der Waals surface area contributed by atoms with Crippen molar-refractivity contribution in [3.8, 4) is 5.75 Å². The summed E-state index contributed by atoms with van der Waals surface area (Å²) in [5, 5.41) is 11.1. The average Bonchev–Trinajstić information content (AvgIpc) is 2.52. The summed E-state index contributed by atoms with van der Waals surface area (Å²) in [6.07, 6.45) is 3.40. The van der Waals surface area contributed by atoms with Crippen molar-refractivity contribution in [2.75, 3.05) is 13.2 Å². The standard InChI is InChI=1S/C16H22N3O3.CO2.2Na/c1-11(2)9-13(15(20)21)10-12-3-5-14(6-4-12)22-8-7-19-16(17)18;2-1-3;;/h3-6,11H,7-8,10H2,1-2H3,(H,20,21)(H4,17,18,19);;;/q-1;;2*+1/p-1. The van der Waals surface area contributed by atoms with Gasteiger partial charge in [-0.2, -0.15) is 15.2 Å². The van der Waals surface area contributed by atoms with Gasteiger partial charge in [0.15, 0.2) is 5.96 Å². The number of carboxylic acid groups (broad SMARTS) is 1. The van der Waals surface area contributed by atoms with Crippen LogP contribution in [0, 0.1) is 12.0 Å². The van der Waals surface area contributed by atoms with Crippen molar-refractivity contribution in [3.63, 3.8) is 0 Å². The van der Waals surface area contributed by atoms with Gasteiger partial charge in [0.2, 0.25) is 0 Å². The summed E-state index contributed by atoms with van der Waals surface area (Å²) >= 11 is 0. The molecular formula is C17H21N3Na2O5. The van der Waals surface area contributed by atoms with Gasteiger partial charge < -0.3 is 26.1 Å². The predicted molar refractivity (Wildman–Crippen MR) is 87.9 cm³/mol. The number of rotatable bonds is 8. The van der Waals surface area contributed by atoms with E-state index in [4.69, 9.17) is 25.8 Å². The summed E-state index contributed by atoms with van der Waals surface area (Å²) in [5.41, 5.74) is 11.4. The first-order valence-electron chi connectivity index (χ1n) is 7.40. The molecule has 4 N–H and O–H groups in total. The van der Waals surface area contributed by atoms with Crippen LogP contribution in [0.3, 0.4) is 0 Å². The number of guanidine groups is 1. The normalized spacial score (nSPS) is 9.52. The maximum absolute atomic E-state index is 11.1. The number of nitrogens with zero attached hydrogens (tertiary/aromatic N) is 1. The molecule has 0 amide bonds. The monoisotopic (exact) mass is 393 g/mol. The van der Waals surface area contributed by atoms with Crippen LogP contribution in [0.4, 0.5) is 0 Å². The molecule has 0 saturated heterocycles. The van der Waals surface area contributed by atoms with Crippen LogP contribution in [0.5, 0.6) is 5.75 Å². The number of aliphatic imine (C=N–C) groups is 1. The Bertz CT molecular complexity index is 636. The summed E-state index contributed by atoms with van der Waals surface area (Å²) in [6, 6.07) is 7.15. The van der Waals surface area contributed by atoms with Gasteiger partial charge in [-0.25, -0.2) is 0 Å². The van der Waals surface area contributed by atoms with Crippen molar-refractivity contribution >= 4 is 18.1 Å². The summed E-state index contributed by atoms with van der Waals surface area (Å²) in [4.78, 5) is 31.1. The van der Waals surface area contributed by atoms with Gasteiger partial charge >= 0.3 is 65.3 Å². The van der Waals surface area contributed by atoms with E-state index in [0.717, 1.165) is 5.56 Å². The van der Waals surface area contributed by atoms with Crippen LogP contribution in [0.25, 0.3) is 0 Å². The number of ether oxygens (including phenoxy) is 1. The number of allylic oxidation sites excluding steroid dienone is 1. The van der Waals surface area contributed by atoms with Crippen molar-refractivity contribution in [2.24, 2.45) is 22.4 Å². The molecule has 0 aliphatic rings. The molecule has 0 spiro atoms. The van der Waals surface area contributed by atoms with E-state index in [-0.39, 0.29) is 89.1 Å². The third kappa shape index (κ3) is 16.8. The minimum atomic E-state index is -1.19. The number of hydrogen-bond donors (Lipinski definition) is 2. The number of aliphatic carboxylic acids is 1. The average molecular weight is 393 g/mol. The fourth-order valence-electron chi connectivity index (χ4n) is 1.78. The zero-order valence-corrected chi connectivity index (χ0v) is 20.2. The van der Waals surface area contributed by atoms with Gasteiger partial charge in [0.25, 0.3) is 0 Å². The maximum atomic E-state index is 11.1. The van der Waals surface area contributed by atoms with Crippen molar-refractivity contribution in [2.45, 2.75) is 20.3 Å². The first-order chi connectivity index (χ1) is 11.8. The Kier molecular flexibility index (Phi) is 20.7. The quantitative estimate of drug-likeness (QED) is 0.111. The van der Waals surface area contributed by atoms with Crippen molar-refractivity contribution in [1.29, 1.82) is 0 Å². The fraction of sp³-hybridized carbons (Fsp3) is 0.353. The Hall–Kier alpha value is -1.12. The van der Waals surface area contributed by atoms with E-state index in [1.807, 2.05) is 13.8 Å². The zero-order valence-electron chi connectivity index (χ0n) is 16.2. The summed E-state index contributed by atoms with van der Waals surface area (Å²) in [7, 11) is 0. The second-order valence-electron chi connectivity index (χ2n) is 5.12. The first-order valence-corrected chi connectivity index (χ1v) is 7.40. The Morgan fingerprint density at radius 3 is 2.15 bits per heavy atom. The summed E-state index contributed by atoms with van der Waals surface area (Å²) in [5.74, 6) is -0.458. The number of nitrogens with two attached hydrogens (primary N) is 2. The maximum Gasteiger partial charge on any atom is 1.00 e. The number of benzene rings is 1. The van der Waals surface area contributed by atoms with Gasteiger partial charge in [-0.3, -0.25) is 11.1 Å². The van der Waals surface area contributed by atoms with Crippen LogP contribution in [-0.2, 0) is 20.8 Å². The molecule has 1 rings (SSSR count). The van der Waals surface area contributed by atoms with Crippen molar-refractivity contribution in [3.05, 3.63) is 41.5 Å². The number of carbonyl (C=O) groups is 1.